The molecule has 0 aliphatic rings. The highest BCUT2D eigenvalue weighted by atomic mass is 31.2. The molecule has 0 aromatic heterocycles. The minimum atomic E-state index is -4.39. The van der Waals surface area contributed by atoms with Gasteiger partial charge in [-0.2, -0.15) is 0 Å². The lowest BCUT2D eigenvalue weighted by atomic mass is 10.1. The molecular weight excluding hydrogens is 786 g/mol. The molecule has 0 bridgehead atoms. The van der Waals surface area contributed by atoms with E-state index in [0.717, 1.165) is 103 Å². The number of quaternary nitrogens is 1. The van der Waals surface area contributed by atoms with Gasteiger partial charge in [-0.05, 0) is 83.5 Å². The molecule has 0 spiro atoms. The molecule has 9 nitrogen and oxygen atoms in total. The molecule has 0 aliphatic carbocycles. The maximum atomic E-state index is 12.7. The minimum Gasteiger partial charge on any atom is -0.462 e. The van der Waals surface area contributed by atoms with Crippen LogP contribution < -0.4 is 0 Å². The van der Waals surface area contributed by atoms with Gasteiger partial charge in [0, 0.05) is 12.8 Å². The van der Waals surface area contributed by atoms with Gasteiger partial charge in [0.1, 0.15) is 19.8 Å². The van der Waals surface area contributed by atoms with Crippen molar-refractivity contribution in [1.82, 2.24) is 0 Å². The summed E-state index contributed by atoms with van der Waals surface area (Å²) in [5.74, 6) is -0.834. The quantitative estimate of drug-likeness (QED) is 0.0212. The molecule has 10 heteroatoms. The molecule has 2 atom stereocenters. The van der Waals surface area contributed by atoms with E-state index in [2.05, 4.69) is 98.9 Å². The van der Waals surface area contributed by atoms with Crippen LogP contribution in [-0.2, 0) is 32.7 Å². The zero-order valence-electron chi connectivity index (χ0n) is 39.4. The number of carbonyl (C=O) groups is 2. The maximum Gasteiger partial charge on any atom is 0.472 e. The summed E-state index contributed by atoms with van der Waals surface area (Å²) >= 11 is 0. The van der Waals surface area contributed by atoms with Crippen molar-refractivity contribution >= 4 is 19.8 Å². The van der Waals surface area contributed by atoms with E-state index in [0.29, 0.717) is 23.9 Å². The summed E-state index contributed by atoms with van der Waals surface area (Å²) in [7, 11) is 1.45. The molecule has 0 heterocycles. The third-order valence-electron chi connectivity index (χ3n) is 9.66. The van der Waals surface area contributed by atoms with Gasteiger partial charge in [-0.15, -0.1) is 0 Å². The van der Waals surface area contributed by atoms with Crippen LogP contribution in [0, 0.1) is 0 Å². The summed E-state index contributed by atoms with van der Waals surface area (Å²) in [4.78, 5) is 35.5. The van der Waals surface area contributed by atoms with Gasteiger partial charge in [0.25, 0.3) is 0 Å². The van der Waals surface area contributed by atoms with Gasteiger partial charge in [-0.3, -0.25) is 18.6 Å². The molecule has 0 radical (unpaired) electrons. The Balaban J connectivity index is 4.34. The van der Waals surface area contributed by atoms with Crippen molar-refractivity contribution in [1.29, 1.82) is 0 Å². The summed E-state index contributed by atoms with van der Waals surface area (Å²) < 4.78 is 34.3. The molecule has 0 saturated carbocycles. The van der Waals surface area contributed by atoms with Crippen LogP contribution in [0.4, 0.5) is 0 Å². The second-order valence-corrected chi connectivity index (χ2v) is 18.2. The van der Waals surface area contributed by atoms with Gasteiger partial charge < -0.3 is 18.9 Å². The van der Waals surface area contributed by atoms with Gasteiger partial charge >= 0.3 is 19.8 Å². The highest BCUT2D eigenvalue weighted by Gasteiger charge is 2.27. The van der Waals surface area contributed by atoms with Crippen LogP contribution >= 0.6 is 7.82 Å². The van der Waals surface area contributed by atoms with Crippen LogP contribution in [0.3, 0.4) is 0 Å². The number of hydrogen-bond donors (Lipinski definition) is 1. The van der Waals surface area contributed by atoms with E-state index in [4.69, 9.17) is 18.5 Å². The Morgan fingerprint density at radius 1 is 0.525 bits per heavy atom. The molecule has 0 amide bonds. The first-order chi connectivity index (χ1) is 29.5. The summed E-state index contributed by atoms with van der Waals surface area (Å²) in [6.45, 7) is 4.22. The lowest BCUT2D eigenvalue weighted by Crippen LogP contribution is -2.37. The monoisotopic (exact) mass is 875 g/mol. The molecule has 0 aliphatic heterocycles. The van der Waals surface area contributed by atoms with Gasteiger partial charge in [0.2, 0.25) is 0 Å². The van der Waals surface area contributed by atoms with Crippen molar-refractivity contribution in [3.8, 4) is 0 Å². The predicted molar refractivity (Wildman–Crippen MR) is 256 cm³/mol. The van der Waals surface area contributed by atoms with Crippen molar-refractivity contribution in [2.24, 2.45) is 0 Å². The van der Waals surface area contributed by atoms with Crippen molar-refractivity contribution in [3.63, 3.8) is 0 Å². The number of esters is 2. The van der Waals surface area contributed by atoms with Crippen molar-refractivity contribution in [2.45, 2.75) is 180 Å². The molecule has 2 unspecified atom stereocenters. The van der Waals surface area contributed by atoms with Crippen molar-refractivity contribution < 1.29 is 42.1 Å². The fraction of sp³-hybridized carbons (Fsp3) is 0.686. The number of carbonyl (C=O) groups excluding carboxylic acids is 2. The van der Waals surface area contributed by atoms with Gasteiger partial charge in [-0.1, -0.05) is 163 Å². The molecule has 0 aromatic carbocycles. The van der Waals surface area contributed by atoms with E-state index in [-0.39, 0.29) is 32.0 Å². The fourth-order valence-electron chi connectivity index (χ4n) is 5.94. The zero-order valence-corrected chi connectivity index (χ0v) is 40.3. The van der Waals surface area contributed by atoms with E-state index in [1.54, 1.807) is 0 Å². The Morgan fingerprint density at radius 2 is 0.934 bits per heavy atom. The van der Waals surface area contributed by atoms with E-state index in [1.165, 1.54) is 32.1 Å². The molecule has 0 rings (SSSR count). The fourth-order valence-corrected chi connectivity index (χ4v) is 6.68. The summed E-state index contributed by atoms with van der Waals surface area (Å²) in [6, 6.07) is 0. The van der Waals surface area contributed by atoms with Crippen LogP contribution in [0.25, 0.3) is 0 Å². The van der Waals surface area contributed by atoms with E-state index < -0.39 is 26.5 Å². The van der Waals surface area contributed by atoms with Crippen LogP contribution in [0.1, 0.15) is 174 Å². The number of phosphoric acid groups is 1. The van der Waals surface area contributed by atoms with Gasteiger partial charge in [0.15, 0.2) is 6.10 Å². The molecule has 350 valence electrons. The van der Waals surface area contributed by atoms with Gasteiger partial charge in [0.05, 0.1) is 27.7 Å². The number of rotatable bonds is 42. The van der Waals surface area contributed by atoms with Crippen LogP contribution in [-0.4, -0.2) is 74.9 Å². The number of phosphoric ester groups is 1. The Kier molecular flexibility index (Phi) is 40.5. The van der Waals surface area contributed by atoms with Crippen molar-refractivity contribution in [2.75, 3.05) is 47.5 Å². The standard InChI is InChI=1S/C51H88NO8P/c1-6-8-10-12-14-16-18-20-22-23-24-25-26-27-28-29-30-32-34-36-38-40-42-44-51(54)60-49(48-59-61(55,56)58-46-45-52(3,4)5)47-57-50(53)43-41-39-37-35-33-31-21-19-17-15-13-11-9-7-2/h8,10,13-16,19-22,24-25,27-28,49H,6-7,9,11-12,17-18,23,26,29-48H2,1-5H3/p+1/b10-8-,15-13-,16-14-,21-19-,22-20-,25-24-,28-27-. The van der Waals surface area contributed by atoms with Gasteiger partial charge in [-0.25, -0.2) is 4.57 Å². The lowest BCUT2D eigenvalue weighted by molar-refractivity contribution is -0.870. The number of likely N-dealkylation sites (N-methyl/N-ethyl adjacent to an activating group) is 1. The summed E-state index contributed by atoms with van der Waals surface area (Å²) in [5, 5.41) is 0. The average Bonchev–Trinajstić information content (AvgIpc) is 3.21. The predicted octanol–water partition coefficient (Wildman–Crippen LogP) is 14.0. The van der Waals surface area contributed by atoms with Crippen molar-refractivity contribution in [3.05, 3.63) is 85.1 Å². The number of hydrogen-bond acceptors (Lipinski definition) is 7. The van der Waals surface area contributed by atoms with E-state index in [9.17, 15) is 19.0 Å². The van der Waals surface area contributed by atoms with E-state index in [1.807, 2.05) is 21.1 Å². The van der Waals surface area contributed by atoms with Crippen LogP contribution in [0.5, 0.6) is 0 Å². The van der Waals surface area contributed by atoms with Crippen LogP contribution in [0.2, 0.25) is 0 Å². The first kappa shape index (κ1) is 58.2. The van der Waals surface area contributed by atoms with Crippen LogP contribution in [0.15, 0.2) is 85.1 Å². The Labute approximate surface area is 373 Å². The second-order valence-electron chi connectivity index (χ2n) is 16.8. The summed E-state index contributed by atoms with van der Waals surface area (Å²) in [6.07, 6.45) is 54.8. The first-order valence-corrected chi connectivity index (χ1v) is 25.3. The third kappa shape index (κ3) is 46.5. The highest BCUT2D eigenvalue weighted by molar-refractivity contribution is 7.47. The Morgan fingerprint density at radius 3 is 1.39 bits per heavy atom. The number of unbranched alkanes of at least 4 members (excludes halogenated alkanes) is 14. The highest BCUT2D eigenvalue weighted by Crippen LogP contribution is 2.43. The minimum absolute atomic E-state index is 0.0223. The normalized spacial score (nSPS) is 14.3. The molecule has 0 fully saturated rings. The largest absolute Gasteiger partial charge is 0.472 e. The topological polar surface area (TPSA) is 108 Å². The number of allylic oxidation sites excluding steroid dienone is 14. The molecule has 61 heavy (non-hydrogen) atoms. The Bertz CT molecular complexity index is 1310. The first-order valence-electron chi connectivity index (χ1n) is 23.8. The number of ether oxygens (including phenoxy) is 2. The zero-order chi connectivity index (χ0) is 45.0. The average molecular weight is 875 g/mol. The third-order valence-corrected chi connectivity index (χ3v) is 10.6. The number of nitrogens with zero attached hydrogens (tertiary/aromatic N) is 1. The molecule has 0 aromatic rings. The van der Waals surface area contributed by atoms with E-state index >= 15 is 0 Å². The molecule has 1 N–H and O–H groups in total. The Hall–Kier alpha value is -2.81. The molecular formula is C51H89NO8P+. The summed E-state index contributed by atoms with van der Waals surface area (Å²) in [5.41, 5.74) is 0. The SMILES string of the molecule is CC/C=C\C/C=C\C/C=C\C/C=C\C/C=C\CCCCCCCCCC(=O)OC(COC(=O)CCCCCCC/C=C\C/C=C\CCCC)COP(=O)(O)OCC[N+](C)(C)C. The second kappa shape index (κ2) is 42.5. The maximum absolute atomic E-state index is 12.7. The lowest BCUT2D eigenvalue weighted by Gasteiger charge is -2.24. The molecule has 0 saturated heterocycles. The smallest absolute Gasteiger partial charge is 0.462 e.